The maximum atomic E-state index is 11.8. The number of nitriles is 1. The van der Waals surface area contributed by atoms with Gasteiger partial charge < -0.3 is 9.64 Å². The molecule has 2 aromatic carbocycles. The molecule has 162 valence electrons. The lowest BCUT2D eigenvalue weighted by Crippen LogP contribution is -2.46. The highest BCUT2D eigenvalue weighted by Gasteiger charge is 2.19. The Kier molecular flexibility index (Phi) is 6.78. The zero-order valence-electron chi connectivity index (χ0n) is 18.2. The molecule has 0 saturated carbocycles. The molecule has 0 N–H and O–H groups in total. The van der Waals surface area contributed by atoms with E-state index in [-0.39, 0.29) is 5.97 Å². The first-order chi connectivity index (χ1) is 15.7. The van der Waals surface area contributed by atoms with E-state index in [9.17, 15) is 10.1 Å². The standard InChI is InChI=1S/C26H26N4O2/c1-2-32-26(31)23-11-12-25(28-18-23)30-15-13-29(14-16-30)19-20-7-9-21(10-8-20)24-6-4-3-5-22(24)17-27/h3-12,18H,2,13-16,19H2,1H3. The Labute approximate surface area is 188 Å². The minimum atomic E-state index is -0.335. The molecule has 4 rings (SSSR count). The second-order valence-corrected chi connectivity index (χ2v) is 7.74. The van der Waals surface area contributed by atoms with Crippen LogP contribution in [-0.4, -0.2) is 48.6 Å². The molecule has 0 aliphatic carbocycles. The van der Waals surface area contributed by atoms with E-state index in [2.05, 4.69) is 45.1 Å². The first kappa shape index (κ1) is 21.5. The van der Waals surface area contributed by atoms with Crippen LogP contribution in [0.25, 0.3) is 11.1 Å². The maximum absolute atomic E-state index is 11.8. The molecular formula is C26H26N4O2. The number of benzene rings is 2. The number of esters is 1. The average molecular weight is 427 g/mol. The average Bonchev–Trinajstić information content (AvgIpc) is 2.85. The topological polar surface area (TPSA) is 69.5 Å². The van der Waals surface area contributed by atoms with Crippen molar-refractivity contribution < 1.29 is 9.53 Å². The maximum Gasteiger partial charge on any atom is 0.339 e. The van der Waals surface area contributed by atoms with E-state index in [0.717, 1.165) is 49.7 Å². The monoisotopic (exact) mass is 426 g/mol. The molecule has 32 heavy (non-hydrogen) atoms. The zero-order valence-corrected chi connectivity index (χ0v) is 18.2. The van der Waals surface area contributed by atoms with Gasteiger partial charge in [-0.1, -0.05) is 42.5 Å². The third-order valence-electron chi connectivity index (χ3n) is 5.67. The van der Waals surface area contributed by atoms with Crippen molar-refractivity contribution in [3.63, 3.8) is 0 Å². The summed E-state index contributed by atoms with van der Waals surface area (Å²) in [5.74, 6) is 0.553. The summed E-state index contributed by atoms with van der Waals surface area (Å²) < 4.78 is 5.01. The number of anilines is 1. The number of carbonyl (C=O) groups excluding carboxylic acids is 1. The van der Waals surface area contributed by atoms with Gasteiger partial charge in [0.2, 0.25) is 0 Å². The van der Waals surface area contributed by atoms with Gasteiger partial charge in [-0.15, -0.1) is 0 Å². The van der Waals surface area contributed by atoms with Gasteiger partial charge in [-0.2, -0.15) is 5.26 Å². The number of rotatable bonds is 6. The fourth-order valence-electron chi connectivity index (χ4n) is 3.92. The lowest BCUT2D eigenvalue weighted by atomic mass is 9.99. The van der Waals surface area contributed by atoms with Crippen molar-refractivity contribution in [1.82, 2.24) is 9.88 Å². The van der Waals surface area contributed by atoms with Crippen molar-refractivity contribution in [2.24, 2.45) is 0 Å². The van der Waals surface area contributed by atoms with Crippen LogP contribution >= 0.6 is 0 Å². The number of pyridine rings is 1. The van der Waals surface area contributed by atoms with Crippen LogP contribution in [-0.2, 0) is 11.3 Å². The van der Waals surface area contributed by atoms with E-state index in [1.807, 2.05) is 30.3 Å². The minimum absolute atomic E-state index is 0.335. The third-order valence-corrected chi connectivity index (χ3v) is 5.67. The summed E-state index contributed by atoms with van der Waals surface area (Å²) in [6, 6.07) is 22.1. The predicted octanol–water partition coefficient (Wildman–Crippen LogP) is 4.12. The normalized spacial score (nSPS) is 14.1. The quantitative estimate of drug-likeness (QED) is 0.553. The van der Waals surface area contributed by atoms with Crippen LogP contribution in [0.5, 0.6) is 0 Å². The molecule has 1 saturated heterocycles. The van der Waals surface area contributed by atoms with Gasteiger partial charge in [0, 0.05) is 38.9 Å². The Morgan fingerprint density at radius 3 is 2.44 bits per heavy atom. The summed E-state index contributed by atoms with van der Waals surface area (Å²) in [5.41, 5.74) is 4.47. The first-order valence-electron chi connectivity index (χ1n) is 10.9. The van der Waals surface area contributed by atoms with Gasteiger partial charge in [0.1, 0.15) is 5.82 Å². The molecule has 0 spiro atoms. The van der Waals surface area contributed by atoms with Crippen molar-refractivity contribution in [3.8, 4) is 17.2 Å². The molecule has 3 aromatic rings. The highest BCUT2D eigenvalue weighted by molar-refractivity contribution is 5.89. The number of hydrogen-bond acceptors (Lipinski definition) is 6. The minimum Gasteiger partial charge on any atom is -0.462 e. The van der Waals surface area contributed by atoms with Gasteiger partial charge in [0.25, 0.3) is 0 Å². The SMILES string of the molecule is CCOC(=O)c1ccc(N2CCN(Cc3ccc(-c4ccccc4C#N)cc3)CC2)nc1. The molecule has 2 heterocycles. The van der Waals surface area contributed by atoms with Gasteiger partial charge in [-0.05, 0) is 41.8 Å². The van der Waals surface area contributed by atoms with Gasteiger partial charge in [-0.3, -0.25) is 4.90 Å². The predicted molar refractivity (Wildman–Crippen MR) is 124 cm³/mol. The summed E-state index contributed by atoms with van der Waals surface area (Å²) in [5, 5.41) is 9.33. The number of piperazine rings is 1. The molecule has 1 aromatic heterocycles. The molecule has 1 aliphatic rings. The number of aromatic nitrogens is 1. The number of carbonyl (C=O) groups is 1. The second-order valence-electron chi connectivity index (χ2n) is 7.74. The van der Waals surface area contributed by atoms with Crippen LogP contribution in [0.4, 0.5) is 5.82 Å². The second kappa shape index (κ2) is 10.1. The van der Waals surface area contributed by atoms with E-state index < -0.39 is 0 Å². The van der Waals surface area contributed by atoms with Crippen LogP contribution in [0.15, 0.2) is 66.9 Å². The Bertz CT molecular complexity index is 1100. The molecule has 0 atom stereocenters. The van der Waals surface area contributed by atoms with Gasteiger partial charge in [0.15, 0.2) is 0 Å². The Morgan fingerprint density at radius 2 is 1.78 bits per heavy atom. The number of hydrogen-bond donors (Lipinski definition) is 0. The van der Waals surface area contributed by atoms with E-state index in [1.165, 1.54) is 5.56 Å². The number of nitrogens with zero attached hydrogens (tertiary/aromatic N) is 4. The Hall–Kier alpha value is -3.69. The molecule has 1 fully saturated rings. The fraction of sp³-hybridized carbons (Fsp3) is 0.269. The number of ether oxygens (including phenoxy) is 1. The van der Waals surface area contributed by atoms with E-state index >= 15 is 0 Å². The van der Waals surface area contributed by atoms with Crippen LogP contribution in [0.3, 0.4) is 0 Å². The molecule has 6 heteroatoms. The zero-order chi connectivity index (χ0) is 22.3. The fourth-order valence-corrected chi connectivity index (χ4v) is 3.92. The largest absolute Gasteiger partial charge is 0.462 e. The van der Waals surface area contributed by atoms with Crippen molar-refractivity contribution >= 4 is 11.8 Å². The molecule has 0 unspecified atom stereocenters. The third kappa shape index (κ3) is 4.96. The van der Waals surface area contributed by atoms with Gasteiger partial charge in [-0.25, -0.2) is 9.78 Å². The highest BCUT2D eigenvalue weighted by atomic mass is 16.5. The van der Waals surface area contributed by atoms with Crippen LogP contribution < -0.4 is 4.90 Å². The van der Waals surface area contributed by atoms with Crippen molar-refractivity contribution in [2.75, 3.05) is 37.7 Å². The summed E-state index contributed by atoms with van der Waals surface area (Å²) in [6.45, 7) is 6.71. The van der Waals surface area contributed by atoms with E-state index in [0.29, 0.717) is 17.7 Å². The van der Waals surface area contributed by atoms with Gasteiger partial charge in [0.05, 0.1) is 23.8 Å². The molecule has 0 bridgehead atoms. The Morgan fingerprint density at radius 1 is 1.03 bits per heavy atom. The summed E-state index contributed by atoms with van der Waals surface area (Å²) >= 11 is 0. The highest BCUT2D eigenvalue weighted by Crippen LogP contribution is 2.24. The molecule has 6 nitrogen and oxygen atoms in total. The van der Waals surface area contributed by atoms with Crippen molar-refractivity contribution in [2.45, 2.75) is 13.5 Å². The molecule has 1 aliphatic heterocycles. The molecule has 0 amide bonds. The summed E-state index contributed by atoms with van der Waals surface area (Å²) in [7, 11) is 0. The Balaban J connectivity index is 1.32. The molecular weight excluding hydrogens is 400 g/mol. The lowest BCUT2D eigenvalue weighted by Gasteiger charge is -2.35. The van der Waals surface area contributed by atoms with Crippen LogP contribution in [0.1, 0.15) is 28.4 Å². The van der Waals surface area contributed by atoms with E-state index in [4.69, 9.17) is 4.74 Å². The smallest absolute Gasteiger partial charge is 0.339 e. The first-order valence-corrected chi connectivity index (χ1v) is 10.9. The van der Waals surface area contributed by atoms with Crippen LogP contribution in [0, 0.1) is 11.3 Å². The van der Waals surface area contributed by atoms with Gasteiger partial charge >= 0.3 is 5.97 Å². The van der Waals surface area contributed by atoms with E-state index in [1.54, 1.807) is 19.2 Å². The summed E-state index contributed by atoms with van der Waals surface area (Å²) in [4.78, 5) is 20.9. The summed E-state index contributed by atoms with van der Waals surface area (Å²) in [6.07, 6.45) is 1.59. The lowest BCUT2D eigenvalue weighted by molar-refractivity contribution is 0.0526. The van der Waals surface area contributed by atoms with Crippen LogP contribution in [0.2, 0.25) is 0 Å². The van der Waals surface area contributed by atoms with Crippen molar-refractivity contribution in [3.05, 3.63) is 83.6 Å². The van der Waals surface area contributed by atoms with Crippen molar-refractivity contribution in [1.29, 1.82) is 5.26 Å². The molecule has 0 radical (unpaired) electrons.